The van der Waals surface area contributed by atoms with Crippen LogP contribution in [-0.4, -0.2) is 29.1 Å². The van der Waals surface area contributed by atoms with E-state index >= 15 is 0 Å². The summed E-state index contributed by atoms with van der Waals surface area (Å²) in [6.45, 7) is 5.19. The van der Waals surface area contributed by atoms with Crippen LogP contribution in [0.1, 0.15) is 55.5 Å². The maximum absolute atomic E-state index is 13.5. The van der Waals surface area contributed by atoms with Crippen molar-refractivity contribution in [2.75, 3.05) is 7.05 Å². The van der Waals surface area contributed by atoms with Gasteiger partial charge in [-0.1, -0.05) is 13.8 Å². The van der Waals surface area contributed by atoms with Gasteiger partial charge in [0.05, 0.1) is 5.56 Å². The Bertz CT molecular complexity index is 518. The minimum absolute atomic E-state index is 0.0168. The largest absolute Gasteiger partial charge is 0.478 e. The molecule has 1 N–H and O–H groups in total. The van der Waals surface area contributed by atoms with Gasteiger partial charge in [-0.15, -0.1) is 0 Å². The molecule has 1 saturated carbocycles. The van der Waals surface area contributed by atoms with Crippen LogP contribution in [0.5, 0.6) is 0 Å². The molecule has 0 heterocycles. The highest BCUT2D eigenvalue weighted by Crippen LogP contribution is 2.36. The lowest BCUT2D eigenvalue weighted by molar-refractivity contribution is 0.0696. The van der Waals surface area contributed by atoms with Crippen LogP contribution >= 0.6 is 0 Å². The van der Waals surface area contributed by atoms with Crippen molar-refractivity contribution in [3.63, 3.8) is 0 Å². The van der Waals surface area contributed by atoms with E-state index in [9.17, 15) is 9.18 Å². The number of carbonyl (C=O) groups is 1. The van der Waals surface area contributed by atoms with E-state index in [1.807, 2.05) is 7.05 Å². The molecule has 1 fully saturated rings. The van der Waals surface area contributed by atoms with E-state index in [4.69, 9.17) is 5.11 Å². The molecular formula is C17H24FNO2. The average molecular weight is 293 g/mol. The van der Waals surface area contributed by atoms with E-state index in [2.05, 4.69) is 18.7 Å². The Balaban J connectivity index is 2.03. The van der Waals surface area contributed by atoms with Crippen molar-refractivity contribution >= 4 is 5.97 Å². The van der Waals surface area contributed by atoms with Gasteiger partial charge in [0.2, 0.25) is 0 Å². The molecule has 2 rings (SSSR count). The lowest BCUT2D eigenvalue weighted by Crippen LogP contribution is -2.36. The SMILES string of the molecule is CN(Cc1cc(F)cc(C(=O)O)c1)C1CCC(C)(C)CC1. The van der Waals surface area contributed by atoms with Crippen molar-refractivity contribution in [3.05, 3.63) is 35.1 Å². The Labute approximate surface area is 125 Å². The monoisotopic (exact) mass is 293 g/mol. The second-order valence-electron chi connectivity index (χ2n) is 6.96. The normalized spacial score (nSPS) is 18.9. The Morgan fingerprint density at radius 3 is 2.52 bits per heavy atom. The van der Waals surface area contributed by atoms with Gasteiger partial charge in [0.1, 0.15) is 5.82 Å². The molecule has 0 aliphatic heterocycles. The van der Waals surface area contributed by atoms with Crippen LogP contribution in [0.25, 0.3) is 0 Å². The van der Waals surface area contributed by atoms with Crippen molar-refractivity contribution in [2.24, 2.45) is 5.41 Å². The van der Waals surface area contributed by atoms with Crippen molar-refractivity contribution in [1.82, 2.24) is 4.90 Å². The molecule has 0 spiro atoms. The van der Waals surface area contributed by atoms with Crippen LogP contribution < -0.4 is 0 Å². The van der Waals surface area contributed by atoms with Crippen molar-refractivity contribution in [1.29, 1.82) is 0 Å². The smallest absolute Gasteiger partial charge is 0.335 e. The number of halogens is 1. The second kappa shape index (κ2) is 6.14. The zero-order valence-corrected chi connectivity index (χ0v) is 13.0. The van der Waals surface area contributed by atoms with E-state index in [0.29, 0.717) is 18.0 Å². The third-order valence-corrected chi connectivity index (χ3v) is 4.57. The number of carboxylic acids is 1. The third kappa shape index (κ3) is 4.27. The first kappa shape index (κ1) is 16.0. The fourth-order valence-corrected chi connectivity index (χ4v) is 3.11. The first-order chi connectivity index (χ1) is 9.77. The summed E-state index contributed by atoms with van der Waals surface area (Å²) in [5.74, 6) is -1.57. The number of aromatic carboxylic acids is 1. The molecule has 0 unspecified atom stereocenters. The van der Waals surface area contributed by atoms with Gasteiger partial charge in [-0.3, -0.25) is 4.90 Å². The number of hydrogen-bond acceptors (Lipinski definition) is 2. The molecular weight excluding hydrogens is 269 g/mol. The zero-order chi connectivity index (χ0) is 15.6. The van der Waals surface area contributed by atoms with Crippen molar-refractivity contribution in [3.8, 4) is 0 Å². The predicted molar refractivity (Wildman–Crippen MR) is 80.9 cm³/mol. The van der Waals surface area contributed by atoms with Gasteiger partial charge >= 0.3 is 5.97 Å². The Kier molecular flexibility index (Phi) is 4.67. The molecule has 0 amide bonds. The van der Waals surface area contributed by atoms with Gasteiger partial charge in [-0.25, -0.2) is 9.18 Å². The van der Waals surface area contributed by atoms with Gasteiger partial charge in [0.15, 0.2) is 0 Å². The number of benzene rings is 1. The van der Waals surface area contributed by atoms with Gasteiger partial charge in [0.25, 0.3) is 0 Å². The summed E-state index contributed by atoms with van der Waals surface area (Å²) in [6.07, 6.45) is 4.69. The molecule has 3 nitrogen and oxygen atoms in total. The first-order valence-corrected chi connectivity index (χ1v) is 7.50. The second-order valence-corrected chi connectivity index (χ2v) is 6.96. The maximum atomic E-state index is 13.5. The van der Waals surface area contributed by atoms with Gasteiger partial charge < -0.3 is 5.11 Å². The molecule has 0 bridgehead atoms. The molecule has 0 atom stereocenters. The summed E-state index contributed by atoms with van der Waals surface area (Å²) in [4.78, 5) is 13.2. The van der Waals surface area contributed by atoms with E-state index < -0.39 is 11.8 Å². The fourth-order valence-electron chi connectivity index (χ4n) is 3.11. The summed E-state index contributed by atoms with van der Waals surface area (Å²) in [5, 5.41) is 8.99. The average Bonchev–Trinajstić information content (AvgIpc) is 2.37. The van der Waals surface area contributed by atoms with Crippen LogP contribution in [0.15, 0.2) is 18.2 Å². The number of rotatable bonds is 4. The number of carboxylic acid groups (broad SMARTS) is 1. The maximum Gasteiger partial charge on any atom is 0.335 e. The highest BCUT2D eigenvalue weighted by molar-refractivity contribution is 5.87. The van der Waals surface area contributed by atoms with Gasteiger partial charge in [-0.2, -0.15) is 0 Å². The highest BCUT2D eigenvalue weighted by Gasteiger charge is 2.28. The fraction of sp³-hybridized carbons (Fsp3) is 0.588. The van der Waals surface area contributed by atoms with Crippen molar-refractivity contribution in [2.45, 2.75) is 52.1 Å². The molecule has 1 aliphatic rings. The standard InChI is InChI=1S/C17H24FNO2/c1-17(2)6-4-15(5-7-17)19(3)11-12-8-13(16(20)21)10-14(18)9-12/h8-10,15H,4-7,11H2,1-3H3,(H,20,21). The van der Waals surface area contributed by atoms with Crippen LogP contribution in [0.3, 0.4) is 0 Å². The number of hydrogen-bond donors (Lipinski definition) is 1. The Morgan fingerprint density at radius 2 is 1.95 bits per heavy atom. The predicted octanol–water partition coefficient (Wildman–Crippen LogP) is 3.92. The molecule has 0 saturated heterocycles. The van der Waals surface area contributed by atoms with E-state index in [0.717, 1.165) is 24.5 Å². The van der Waals surface area contributed by atoms with Crippen LogP contribution in [0, 0.1) is 11.2 Å². The number of nitrogens with zero attached hydrogens (tertiary/aromatic N) is 1. The summed E-state index contributed by atoms with van der Waals surface area (Å²) in [7, 11) is 2.04. The summed E-state index contributed by atoms with van der Waals surface area (Å²) in [6, 6.07) is 4.55. The Hall–Kier alpha value is -1.42. The Morgan fingerprint density at radius 1 is 1.33 bits per heavy atom. The molecule has 1 aromatic rings. The van der Waals surface area contributed by atoms with Crippen LogP contribution in [-0.2, 0) is 6.54 Å². The third-order valence-electron chi connectivity index (χ3n) is 4.57. The molecule has 0 radical (unpaired) electrons. The highest BCUT2D eigenvalue weighted by atomic mass is 19.1. The van der Waals surface area contributed by atoms with Crippen LogP contribution in [0.2, 0.25) is 0 Å². The molecule has 0 aromatic heterocycles. The topological polar surface area (TPSA) is 40.5 Å². The lowest BCUT2D eigenvalue weighted by atomic mass is 9.75. The minimum Gasteiger partial charge on any atom is -0.478 e. The molecule has 4 heteroatoms. The first-order valence-electron chi connectivity index (χ1n) is 7.50. The van der Waals surface area contributed by atoms with Gasteiger partial charge in [0, 0.05) is 12.6 Å². The van der Waals surface area contributed by atoms with Crippen molar-refractivity contribution < 1.29 is 14.3 Å². The molecule has 21 heavy (non-hydrogen) atoms. The molecule has 116 valence electrons. The quantitative estimate of drug-likeness (QED) is 0.914. The van der Waals surface area contributed by atoms with Gasteiger partial charge in [-0.05, 0) is 61.9 Å². The molecule has 1 aromatic carbocycles. The van der Waals surface area contributed by atoms with Crippen LogP contribution in [0.4, 0.5) is 4.39 Å². The summed E-state index contributed by atoms with van der Waals surface area (Å²) in [5.41, 5.74) is 1.16. The minimum atomic E-state index is -1.09. The summed E-state index contributed by atoms with van der Waals surface area (Å²) < 4.78 is 13.5. The summed E-state index contributed by atoms with van der Waals surface area (Å²) >= 11 is 0. The van der Waals surface area contributed by atoms with E-state index in [1.165, 1.54) is 18.9 Å². The molecule has 1 aliphatic carbocycles. The lowest BCUT2D eigenvalue weighted by Gasteiger charge is -2.38. The zero-order valence-electron chi connectivity index (χ0n) is 13.0. The van der Waals surface area contributed by atoms with E-state index in [1.54, 1.807) is 6.07 Å². The van der Waals surface area contributed by atoms with E-state index in [-0.39, 0.29) is 5.56 Å².